The van der Waals surface area contributed by atoms with Crippen LogP contribution in [0.4, 0.5) is 23.2 Å². The third-order valence-corrected chi connectivity index (χ3v) is 2.64. The first-order valence-electron chi connectivity index (χ1n) is 6.14. The van der Waals surface area contributed by atoms with Crippen LogP contribution in [0.15, 0.2) is 30.3 Å². The van der Waals surface area contributed by atoms with E-state index in [-0.39, 0.29) is 6.54 Å². The highest BCUT2D eigenvalue weighted by atomic mass is 19.2. The fourth-order valence-corrected chi connectivity index (χ4v) is 1.66. The van der Waals surface area contributed by atoms with Gasteiger partial charge in [0.15, 0.2) is 0 Å². The van der Waals surface area contributed by atoms with E-state index in [1.165, 1.54) is 0 Å². The molecule has 1 atom stereocenters. The third kappa shape index (κ3) is 3.62. The molecular formula is C14H12F4N2O. The first-order chi connectivity index (χ1) is 9.99. The van der Waals surface area contributed by atoms with Gasteiger partial charge < -0.3 is 10.1 Å². The minimum absolute atomic E-state index is 0.0500. The molecule has 0 amide bonds. The van der Waals surface area contributed by atoms with Crippen molar-refractivity contribution in [1.29, 1.82) is 0 Å². The molecule has 0 aliphatic carbocycles. The van der Waals surface area contributed by atoms with Crippen molar-refractivity contribution in [2.24, 2.45) is 0 Å². The van der Waals surface area contributed by atoms with Crippen LogP contribution in [0, 0.1) is 23.5 Å². The predicted molar refractivity (Wildman–Crippen MR) is 69.1 cm³/mol. The van der Waals surface area contributed by atoms with Crippen molar-refractivity contribution < 1.29 is 22.3 Å². The average Bonchev–Trinajstić information content (AvgIpc) is 2.46. The molecule has 1 aromatic carbocycles. The van der Waals surface area contributed by atoms with Crippen LogP contribution in [0.5, 0.6) is 5.75 Å². The number of hydrogen-bond donors (Lipinski definition) is 1. The van der Waals surface area contributed by atoms with Crippen molar-refractivity contribution in [2.45, 2.75) is 13.0 Å². The lowest BCUT2D eigenvalue weighted by Gasteiger charge is -2.16. The summed E-state index contributed by atoms with van der Waals surface area (Å²) in [5.74, 6) is -5.97. The van der Waals surface area contributed by atoms with Crippen molar-refractivity contribution in [2.75, 3.05) is 11.9 Å². The molecule has 0 bridgehead atoms. The maximum atomic E-state index is 13.4. The Morgan fingerprint density at radius 1 is 1.05 bits per heavy atom. The molecule has 1 unspecified atom stereocenters. The van der Waals surface area contributed by atoms with E-state index < -0.39 is 35.3 Å². The summed E-state index contributed by atoms with van der Waals surface area (Å²) in [7, 11) is 0. The smallest absolute Gasteiger partial charge is 0.253 e. The van der Waals surface area contributed by atoms with Gasteiger partial charge in [-0.1, -0.05) is 18.2 Å². The van der Waals surface area contributed by atoms with E-state index in [9.17, 15) is 17.6 Å². The summed E-state index contributed by atoms with van der Waals surface area (Å²) in [6.07, 6.45) is -0.481. The number of ether oxygens (including phenoxy) is 1. The molecule has 2 rings (SSSR count). The molecule has 1 aromatic heterocycles. The maximum Gasteiger partial charge on any atom is 0.253 e. The topological polar surface area (TPSA) is 34.2 Å². The summed E-state index contributed by atoms with van der Waals surface area (Å²) in [5.41, 5.74) is -0.900. The van der Waals surface area contributed by atoms with Crippen LogP contribution in [-0.2, 0) is 0 Å². The zero-order valence-electron chi connectivity index (χ0n) is 11.0. The molecule has 0 radical (unpaired) electrons. The van der Waals surface area contributed by atoms with E-state index in [2.05, 4.69) is 10.3 Å². The normalized spacial score (nSPS) is 12.0. The second kappa shape index (κ2) is 6.43. The number of nitrogens with zero attached hydrogens (tertiary/aromatic N) is 1. The van der Waals surface area contributed by atoms with Crippen LogP contribution in [-0.4, -0.2) is 17.6 Å². The number of halogens is 4. The number of anilines is 1. The van der Waals surface area contributed by atoms with Gasteiger partial charge in [-0.3, -0.25) is 0 Å². The molecule has 112 valence electrons. The highest BCUT2D eigenvalue weighted by molar-refractivity contribution is 5.45. The monoisotopic (exact) mass is 300 g/mol. The molecule has 3 nitrogen and oxygen atoms in total. The van der Waals surface area contributed by atoms with Gasteiger partial charge in [0.25, 0.3) is 11.9 Å². The number of hydrogen-bond acceptors (Lipinski definition) is 3. The van der Waals surface area contributed by atoms with E-state index in [0.29, 0.717) is 5.75 Å². The lowest BCUT2D eigenvalue weighted by molar-refractivity contribution is 0.234. The van der Waals surface area contributed by atoms with E-state index in [1.54, 1.807) is 31.2 Å². The molecule has 0 fully saturated rings. The minimum atomic E-state index is -1.70. The van der Waals surface area contributed by atoms with Crippen LogP contribution >= 0.6 is 0 Å². The second-order valence-corrected chi connectivity index (χ2v) is 4.32. The van der Waals surface area contributed by atoms with E-state index in [1.807, 2.05) is 6.07 Å². The van der Waals surface area contributed by atoms with Crippen LogP contribution in [0.3, 0.4) is 0 Å². The largest absolute Gasteiger partial charge is 0.489 e. The predicted octanol–water partition coefficient (Wildman–Crippen LogP) is 3.52. The van der Waals surface area contributed by atoms with Gasteiger partial charge in [0.2, 0.25) is 11.6 Å². The SMILES string of the molecule is CC(CNc1c(F)c(F)nc(F)c1F)Oc1ccccc1. The van der Waals surface area contributed by atoms with Crippen LogP contribution in [0.2, 0.25) is 0 Å². The Balaban J connectivity index is 2.03. The summed E-state index contributed by atoms with van der Waals surface area (Å²) in [6.45, 7) is 1.59. The third-order valence-electron chi connectivity index (χ3n) is 2.64. The summed E-state index contributed by atoms with van der Waals surface area (Å²) in [5, 5.41) is 2.29. The number of nitrogens with one attached hydrogen (secondary N) is 1. The van der Waals surface area contributed by atoms with Crippen molar-refractivity contribution in [1.82, 2.24) is 4.98 Å². The van der Waals surface area contributed by atoms with Crippen LogP contribution in [0.25, 0.3) is 0 Å². The van der Waals surface area contributed by atoms with Gasteiger partial charge in [-0.15, -0.1) is 0 Å². The first kappa shape index (κ1) is 15.1. The van der Waals surface area contributed by atoms with E-state index >= 15 is 0 Å². The standard InChI is InChI=1S/C14H12F4N2O/c1-8(21-9-5-3-2-4-6-9)7-19-12-10(15)13(17)20-14(18)11(12)16/h2-6,8H,7H2,1H3,(H,19,20). The molecule has 0 aliphatic rings. The highest BCUT2D eigenvalue weighted by Gasteiger charge is 2.21. The quantitative estimate of drug-likeness (QED) is 0.677. The van der Waals surface area contributed by atoms with Crippen LogP contribution < -0.4 is 10.1 Å². The average molecular weight is 300 g/mol. The fraction of sp³-hybridized carbons (Fsp3) is 0.214. The molecular weight excluding hydrogens is 288 g/mol. The summed E-state index contributed by atoms with van der Waals surface area (Å²) in [4.78, 5) is 2.47. The summed E-state index contributed by atoms with van der Waals surface area (Å²) < 4.78 is 58.1. The van der Waals surface area contributed by atoms with Gasteiger partial charge in [-0.25, -0.2) is 0 Å². The summed E-state index contributed by atoms with van der Waals surface area (Å²) in [6, 6.07) is 8.76. The number of rotatable bonds is 5. The second-order valence-electron chi connectivity index (χ2n) is 4.32. The minimum Gasteiger partial charge on any atom is -0.489 e. The molecule has 7 heteroatoms. The van der Waals surface area contributed by atoms with Gasteiger partial charge in [-0.2, -0.15) is 22.5 Å². The number of aromatic nitrogens is 1. The Morgan fingerprint density at radius 3 is 2.19 bits per heavy atom. The van der Waals surface area contributed by atoms with Gasteiger partial charge in [0.1, 0.15) is 17.5 Å². The Hall–Kier alpha value is -2.31. The van der Waals surface area contributed by atoms with E-state index in [4.69, 9.17) is 4.74 Å². The number of benzene rings is 1. The highest BCUT2D eigenvalue weighted by Crippen LogP contribution is 2.22. The Kier molecular flexibility index (Phi) is 4.62. The lowest BCUT2D eigenvalue weighted by atomic mass is 10.3. The first-order valence-corrected chi connectivity index (χ1v) is 6.14. The van der Waals surface area contributed by atoms with Gasteiger partial charge in [0.05, 0.1) is 6.54 Å². The van der Waals surface area contributed by atoms with E-state index in [0.717, 1.165) is 0 Å². The Labute approximate surface area is 118 Å². The molecule has 0 saturated carbocycles. The van der Waals surface area contributed by atoms with Crippen molar-refractivity contribution in [3.63, 3.8) is 0 Å². The molecule has 2 aromatic rings. The van der Waals surface area contributed by atoms with Gasteiger partial charge in [-0.05, 0) is 19.1 Å². The zero-order valence-corrected chi connectivity index (χ0v) is 11.0. The van der Waals surface area contributed by atoms with Gasteiger partial charge in [0, 0.05) is 0 Å². The van der Waals surface area contributed by atoms with Crippen LogP contribution in [0.1, 0.15) is 6.92 Å². The van der Waals surface area contributed by atoms with Gasteiger partial charge >= 0.3 is 0 Å². The molecule has 1 N–H and O–H groups in total. The Bertz CT molecular complexity index is 596. The van der Waals surface area contributed by atoms with Crippen molar-refractivity contribution in [3.05, 3.63) is 53.9 Å². The zero-order chi connectivity index (χ0) is 15.4. The maximum absolute atomic E-state index is 13.4. The molecule has 0 saturated heterocycles. The van der Waals surface area contributed by atoms with Crippen molar-refractivity contribution >= 4 is 5.69 Å². The molecule has 21 heavy (non-hydrogen) atoms. The lowest BCUT2D eigenvalue weighted by Crippen LogP contribution is -2.24. The molecule has 0 spiro atoms. The Morgan fingerprint density at radius 2 is 1.62 bits per heavy atom. The summed E-state index contributed by atoms with van der Waals surface area (Å²) >= 11 is 0. The fourth-order valence-electron chi connectivity index (χ4n) is 1.66. The van der Waals surface area contributed by atoms with Crippen molar-refractivity contribution in [3.8, 4) is 5.75 Å². The molecule has 0 aliphatic heterocycles. The number of pyridine rings is 1. The number of para-hydroxylation sites is 1. The molecule has 1 heterocycles.